The predicted octanol–water partition coefficient (Wildman–Crippen LogP) is 3.83. The number of carbonyl (C=O) groups is 2. The molecule has 1 saturated heterocycles. The maximum absolute atomic E-state index is 13.6. The molecule has 5 nitrogen and oxygen atoms in total. The molecule has 0 radical (unpaired) electrons. The van der Waals surface area contributed by atoms with E-state index in [-0.39, 0.29) is 18.6 Å². The minimum Gasteiger partial charge on any atom is -0.319 e. The van der Waals surface area contributed by atoms with E-state index in [1.54, 1.807) is 11.3 Å². The number of amides is 3. The van der Waals surface area contributed by atoms with Gasteiger partial charge in [-0.15, -0.1) is 0 Å². The molecule has 29 heavy (non-hydrogen) atoms. The van der Waals surface area contributed by atoms with E-state index in [4.69, 9.17) is 0 Å². The first kappa shape index (κ1) is 19.4. The van der Waals surface area contributed by atoms with Gasteiger partial charge in [-0.1, -0.05) is 60.7 Å². The van der Waals surface area contributed by atoms with Gasteiger partial charge in [-0.25, -0.2) is 9.69 Å². The fraction of sp³-hybridized carbons (Fsp3) is 0.217. The highest BCUT2D eigenvalue weighted by Gasteiger charge is 2.52. The molecule has 1 N–H and O–H groups in total. The third-order valence-electron chi connectivity index (χ3n) is 5.17. The molecule has 148 valence electrons. The molecule has 1 aliphatic heterocycles. The Labute approximate surface area is 174 Å². The van der Waals surface area contributed by atoms with Crippen LogP contribution in [0.3, 0.4) is 0 Å². The third kappa shape index (κ3) is 3.95. The van der Waals surface area contributed by atoms with Crippen LogP contribution in [-0.4, -0.2) is 35.5 Å². The summed E-state index contributed by atoms with van der Waals surface area (Å²) in [7, 11) is 1.91. The number of carbonyl (C=O) groups excluding carboxylic acids is 2. The second-order valence-electron chi connectivity index (χ2n) is 7.38. The summed E-state index contributed by atoms with van der Waals surface area (Å²) < 4.78 is 0. The Morgan fingerprint density at radius 1 is 0.966 bits per heavy atom. The summed E-state index contributed by atoms with van der Waals surface area (Å²) in [6, 6.07) is 21.0. The number of nitrogens with zero attached hydrogens (tertiary/aromatic N) is 2. The highest BCUT2D eigenvalue weighted by molar-refractivity contribution is 7.07. The van der Waals surface area contributed by atoms with E-state index in [1.807, 2.05) is 78.0 Å². The molecule has 0 aliphatic carbocycles. The second-order valence-corrected chi connectivity index (χ2v) is 8.16. The number of urea groups is 1. The molecule has 0 unspecified atom stereocenters. The van der Waals surface area contributed by atoms with Crippen molar-refractivity contribution < 1.29 is 9.59 Å². The average molecular weight is 406 g/mol. The standard InChI is InChI=1S/C23H23N3O2S/c1-25(15-19-12-13-29-16-19)17-26-21(27)23(24-22(26)28,20-10-6-3-7-11-20)14-18-8-4-2-5-9-18/h2-13,16H,14-15,17H2,1H3,(H,24,28)/t23-/m0/s1. The normalized spacial score (nSPS) is 19.0. The molecular weight excluding hydrogens is 382 g/mol. The van der Waals surface area contributed by atoms with Gasteiger partial charge in [0.25, 0.3) is 5.91 Å². The summed E-state index contributed by atoms with van der Waals surface area (Å²) in [6.07, 6.45) is 0.410. The zero-order valence-corrected chi connectivity index (χ0v) is 17.1. The Morgan fingerprint density at radius 3 is 2.31 bits per heavy atom. The lowest BCUT2D eigenvalue weighted by molar-refractivity contribution is -0.133. The van der Waals surface area contributed by atoms with Gasteiger partial charge >= 0.3 is 6.03 Å². The molecule has 1 aromatic heterocycles. The van der Waals surface area contributed by atoms with Gasteiger partial charge in [-0.2, -0.15) is 11.3 Å². The summed E-state index contributed by atoms with van der Waals surface area (Å²) in [6.45, 7) is 0.918. The molecule has 1 aliphatic rings. The molecule has 1 atom stereocenters. The van der Waals surface area contributed by atoms with Crippen LogP contribution in [0.25, 0.3) is 0 Å². The Hall–Kier alpha value is -2.96. The number of hydrogen-bond donors (Lipinski definition) is 1. The maximum atomic E-state index is 13.6. The lowest BCUT2D eigenvalue weighted by Crippen LogP contribution is -2.46. The highest BCUT2D eigenvalue weighted by atomic mass is 32.1. The zero-order chi connectivity index (χ0) is 20.3. The van der Waals surface area contributed by atoms with Crippen molar-refractivity contribution >= 4 is 23.3 Å². The first-order valence-electron chi connectivity index (χ1n) is 9.52. The lowest BCUT2D eigenvalue weighted by atomic mass is 9.83. The van der Waals surface area contributed by atoms with Gasteiger partial charge in [0.2, 0.25) is 0 Å². The summed E-state index contributed by atoms with van der Waals surface area (Å²) >= 11 is 1.64. The van der Waals surface area contributed by atoms with Crippen LogP contribution in [0.5, 0.6) is 0 Å². The Morgan fingerprint density at radius 2 is 1.66 bits per heavy atom. The van der Waals surface area contributed by atoms with E-state index >= 15 is 0 Å². The van der Waals surface area contributed by atoms with Crippen molar-refractivity contribution in [2.75, 3.05) is 13.7 Å². The predicted molar refractivity (Wildman–Crippen MR) is 114 cm³/mol. The fourth-order valence-electron chi connectivity index (χ4n) is 3.78. The Bertz CT molecular complexity index is 976. The van der Waals surface area contributed by atoms with E-state index in [0.717, 1.165) is 11.1 Å². The molecule has 2 aromatic carbocycles. The molecule has 6 heteroatoms. The van der Waals surface area contributed by atoms with Crippen molar-refractivity contribution in [2.45, 2.75) is 18.5 Å². The highest BCUT2D eigenvalue weighted by Crippen LogP contribution is 2.33. The third-order valence-corrected chi connectivity index (χ3v) is 5.90. The van der Waals surface area contributed by atoms with Crippen LogP contribution in [-0.2, 0) is 23.3 Å². The number of hydrogen-bond acceptors (Lipinski definition) is 4. The first-order valence-corrected chi connectivity index (χ1v) is 10.5. The van der Waals surface area contributed by atoms with Crippen LogP contribution in [0.2, 0.25) is 0 Å². The van der Waals surface area contributed by atoms with Crippen molar-refractivity contribution in [1.82, 2.24) is 15.1 Å². The van der Waals surface area contributed by atoms with Crippen LogP contribution >= 0.6 is 11.3 Å². The Kier molecular flexibility index (Phi) is 5.47. The van der Waals surface area contributed by atoms with Gasteiger partial charge in [-0.05, 0) is 40.6 Å². The number of nitrogens with one attached hydrogen (secondary N) is 1. The van der Waals surface area contributed by atoms with E-state index in [9.17, 15) is 9.59 Å². The van der Waals surface area contributed by atoms with Gasteiger partial charge in [0.15, 0.2) is 5.54 Å². The average Bonchev–Trinajstić information content (AvgIpc) is 3.32. The van der Waals surface area contributed by atoms with Gasteiger partial charge in [0.05, 0.1) is 6.67 Å². The molecular formula is C23H23N3O2S. The number of imide groups is 1. The van der Waals surface area contributed by atoms with Crippen LogP contribution < -0.4 is 5.32 Å². The zero-order valence-electron chi connectivity index (χ0n) is 16.2. The molecule has 1 fully saturated rings. The van der Waals surface area contributed by atoms with E-state index in [0.29, 0.717) is 13.0 Å². The SMILES string of the molecule is CN(Cc1ccsc1)CN1C(=O)N[C@@](Cc2ccccc2)(c2ccccc2)C1=O. The van der Waals surface area contributed by atoms with Gasteiger partial charge in [0, 0.05) is 13.0 Å². The van der Waals surface area contributed by atoms with Gasteiger partial charge in [-0.3, -0.25) is 9.69 Å². The fourth-order valence-corrected chi connectivity index (χ4v) is 4.44. The first-order chi connectivity index (χ1) is 14.1. The number of rotatable bonds is 7. The molecule has 3 aromatic rings. The summed E-state index contributed by atoms with van der Waals surface area (Å²) in [5.41, 5.74) is 1.87. The minimum atomic E-state index is -1.09. The second kappa shape index (κ2) is 8.19. The number of benzene rings is 2. The van der Waals surface area contributed by atoms with Crippen molar-refractivity contribution in [3.63, 3.8) is 0 Å². The monoisotopic (exact) mass is 405 g/mol. The largest absolute Gasteiger partial charge is 0.326 e. The molecule has 3 amide bonds. The van der Waals surface area contributed by atoms with Crippen molar-refractivity contribution in [3.05, 3.63) is 94.2 Å². The van der Waals surface area contributed by atoms with Crippen molar-refractivity contribution in [1.29, 1.82) is 0 Å². The molecule has 2 heterocycles. The van der Waals surface area contributed by atoms with Crippen LogP contribution in [0, 0.1) is 0 Å². The van der Waals surface area contributed by atoms with Crippen molar-refractivity contribution in [3.8, 4) is 0 Å². The maximum Gasteiger partial charge on any atom is 0.326 e. The summed E-state index contributed by atoms with van der Waals surface area (Å²) in [5, 5.41) is 7.11. The molecule has 0 spiro atoms. The van der Waals surface area contributed by atoms with E-state index in [2.05, 4.69) is 16.8 Å². The Balaban J connectivity index is 1.62. The van der Waals surface area contributed by atoms with Crippen LogP contribution in [0.1, 0.15) is 16.7 Å². The van der Waals surface area contributed by atoms with Crippen LogP contribution in [0.4, 0.5) is 4.79 Å². The molecule has 4 rings (SSSR count). The topological polar surface area (TPSA) is 52.6 Å². The quantitative estimate of drug-likeness (QED) is 0.608. The minimum absolute atomic E-state index is 0.213. The van der Waals surface area contributed by atoms with E-state index in [1.165, 1.54) is 10.5 Å². The number of thiophene rings is 1. The van der Waals surface area contributed by atoms with Crippen molar-refractivity contribution in [2.24, 2.45) is 0 Å². The van der Waals surface area contributed by atoms with Gasteiger partial charge < -0.3 is 5.32 Å². The smallest absolute Gasteiger partial charge is 0.319 e. The summed E-state index contributed by atoms with van der Waals surface area (Å²) in [4.78, 5) is 29.8. The molecule has 0 bridgehead atoms. The lowest BCUT2D eigenvalue weighted by Gasteiger charge is -2.28. The van der Waals surface area contributed by atoms with E-state index < -0.39 is 5.54 Å². The summed E-state index contributed by atoms with van der Waals surface area (Å²) in [5.74, 6) is -0.213. The van der Waals surface area contributed by atoms with Crippen LogP contribution in [0.15, 0.2) is 77.5 Å². The van der Waals surface area contributed by atoms with Gasteiger partial charge in [0.1, 0.15) is 0 Å². The molecule has 0 saturated carbocycles.